The number of hydrogen-bond donors (Lipinski definition) is 3. The highest BCUT2D eigenvalue weighted by Crippen LogP contribution is 2.25. The summed E-state index contributed by atoms with van der Waals surface area (Å²) in [4.78, 5) is 13.9. The molecule has 0 amide bonds. The van der Waals surface area contributed by atoms with E-state index in [2.05, 4.69) is 68.4 Å². The summed E-state index contributed by atoms with van der Waals surface area (Å²) < 4.78 is 2.03. The number of imidazole rings is 1. The molecule has 4 N–H and O–H groups in total. The molecule has 3 aromatic rings. The number of fused-ring (bicyclic) bond motifs is 1. The second kappa shape index (κ2) is 7.05. The molecule has 7 nitrogen and oxygen atoms in total. The standard InChI is InChI=1S/C21H31N7/c1-13-8-14(2)10-15(9-13)24-19-25-16-11-23-18(27-20(3,4)5)26-17(16)28(19)12-21(6,7)22/h8-11H,12,22H2,1-7H3,(H,24,25)(H,23,26,27). The van der Waals surface area contributed by atoms with Gasteiger partial charge >= 0.3 is 0 Å². The van der Waals surface area contributed by atoms with Crippen LogP contribution in [0.15, 0.2) is 24.4 Å². The predicted molar refractivity (Wildman–Crippen MR) is 116 cm³/mol. The van der Waals surface area contributed by atoms with E-state index in [1.165, 1.54) is 11.1 Å². The van der Waals surface area contributed by atoms with Crippen molar-refractivity contribution in [3.05, 3.63) is 35.5 Å². The monoisotopic (exact) mass is 381 g/mol. The number of nitrogens with one attached hydrogen (secondary N) is 2. The average molecular weight is 382 g/mol. The molecule has 0 aliphatic rings. The first-order chi connectivity index (χ1) is 12.9. The van der Waals surface area contributed by atoms with Gasteiger partial charge in [0.15, 0.2) is 5.65 Å². The van der Waals surface area contributed by atoms with E-state index in [0.29, 0.717) is 18.4 Å². The molecular formula is C21H31N7. The number of anilines is 3. The van der Waals surface area contributed by atoms with Crippen molar-refractivity contribution in [2.45, 2.75) is 66.1 Å². The van der Waals surface area contributed by atoms with E-state index in [0.717, 1.165) is 16.9 Å². The van der Waals surface area contributed by atoms with Crippen molar-refractivity contribution in [2.24, 2.45) is 5.73 Å². The zero-order valence-electron chi connectivity index (χ0n) is 17.9. The minimum absolute atomic E-state index is 0.133. The Morgan fingerprint density at radius 1 is 1.00 bits per heavy atom. The highest BCUT2D eigenvalue weighted by Gasteiger charge is 2.21. The van der Waals surface area contributed by atoms with Crippen LogP contribution in [0.2, 0.25) is 0 Å². The molecule has 0 saturated carbocycles. The number of nitrogens with zero attached hydrogens (tertiary/aromatic N) is 4. The maximum absolute atomic E-state index is 6.33. The molecule has 0 unspecified atom stereocenters. The molecule has 2 heterocycles. The highest BCUT2D eigenvalue weighted by molar-refractivity contribution is 5.76. The minimum atomic E-state index is -0.421. The van der Waals surface area contributed by atoms with Gasteiger partial charge in [-0.2, -0.15) is 4.98 Å². The lowest BCUT2D eigenvalue weighted by molar-refractivity contribution is 0.442. The molecule has 0 atom stereocenters. The molecule has 0 fully saturated rings. The van der Waals surface area contributed by atoms with Gasteiger partial charge in [0.2, 0.25) is 11.9 Å². The molecule has 0 radical (unpaired) electrons. The SMILES string of the molecule is Cc1cc(C)cc(Nc2nc3cnc(NC(C)(C)C)nc3n2CC(C)(C)N)c1. The van der Waals surface area contributed by atoms with Gasteiger partial charge < -0.3 is 16.4 Å². The molecule has 7 heteroatoms. The van der Waals surface area contributed by atoms with Gasteiger partial charge in [0.1, 0.15) is 5.52 Å². The minimum Gasteiger partial charge on any atom is -0.350 e. The predicted octanol–water partition coefficient (Wildman–Crippen LogP) is 4.13. The van der Waals surface area contributed by atoms with E-state index in [-0.39, 0.29) is 5.54 Å². The smallest absolute Gasteiger partial charge is 0.225 e. The van der Waals surface area contributed by atoms with Crippen molar-refractivity contribution in [1.29, 1.82) is 0 Å². The largest absolute Gasteiger partial charge is 0.350 e. The Hall–Kier alpha value is -2.67. The maximum Gasteiger partial charge on any atom is 0.225 e. The lowest BCUT2D eigenvalue weighted by Gasteiger charge is -2.22. The Balaban J connectivity index is 2.08. The summed E-state index contributed by atoms with van der Waals surface area (Å²) in [5.41, 5.74) is 10.6. The van der Waals surface area contributed by atoms with Gasteiger partial charge in [-0.25, -0.2) is 9.97 Å². The molecular weight excluding hydrogens is 350 g/mol. The quantitative estimate of drug-likeness (QED) is 0.615. The van der Waals surface area contributed by atoms with Crippen molar-refractivity contribution in [2.75, 3.05) is 10.6 Å². The van der Waals surface area contributed by atoms with Crippen LogP contribution in [0.4, 0.5) is 17.6 Å². The van der Waals surface area contributed by atoms with Crippen LogP contribution < -0.4 is 16.4 Å². The van der Waals surface area contributed by atoms with Crippen LogP contribution in [0.1, 0.15) is 45.7 Å². The van der Waals surface area contributed by atoms with Gasteiger partial charge in [-0.1, -0.05) is 6.07 Å². The van der Waals surface area contributed by atoms with Gasteiger partial charge in [-0.15, -0.1) is 0 Å². The number of aryl methyl sites for hydroxylation is 2. The van der Waals surface area contributed by atoms with Gasteiger partial charge in [0, 0.05) is 23.3 Å². The maximum atomic E-state index is 6.33. The average Bonchev–Trinajstić information content (AvgIpc) is 2.80. The molecule has 0 saturated heterocycles. The van der Waals surface area contributed by atoms with Gasteiger partial charge in [-0.3, -0.25) is 4.57 Å². The molecule has 0 bridgehead atoms. The van der Waals surface area contributed by atoms with Crippen molar-refractivity contribution < 1.29 is 0 Å². The van der Waals surface area contributed by atoms with Crippen molar-refractivity contribution in [1.82, 2.24) is 19.5 Å². The van der Waals surface area contributed by atoms with Crippen molar-refractivity contribution >= 4 is 28.7 Å². The highest BCUT2D eigenvalue weighted by atomic mass is 15.3. The van der Waals surface area contributed by atoms with E-state index < -0.39 is 5.54 Å². The fraction of sp³-hybridized carbons (Fsp3) is 0.476. The molecule has 0 aliphatic heterocycles. The lowest BCUT2D eigenvalue weighted by atomic mass is 10.1. The zero-order chi connectivity index (χ0) is 20.7. The fourth-order valence-corrected chi connectivity index (χ4v) is 3.14. The first kappa shape index (κ1) is 20.1. The Morgan fingerprint density at radius 3 is 2.21 bits per heavy atom. The Labute approximate surface area is 166 Å². The summed E-state index contributed by atoms with van der Waals surface area (Å²) in [7, 11) is 0. The van der Waals surface area contributed by atoms with E-state index >= 15 is 0 Å². The third-order valence-electron chi connectivity index (χ3n) is 4.02. The molecule has 150 valence electrons. The third-order valence-corrected chi connectivity index (χ3v) is 4.02. The summed E-state index contributed by atoms with van der Waals surface area (Å²) in [6, 6.07) is 6.35. The van der Waals surface area contributed by atoms with E-state index in [1.54, 1.807) is 6.20 Å². The number of benzene rings is 1. The Bertz CT molecular complexity index is 970. The number of hydrogen-bond acceptors (Lipinski definition) is 6. The summed E-state index contributed by atoms with van der Waals surface area (Å²) >= 11 is 0. The topological polar surface area (TPSA) is 93.7 Å². The summed E-state index contributed by atoms with van der Waals surface area (Å²) in [6.07, 6.45) is 1.75. The zero-order valence-corrected chi connectivity index (χ0v) is 17.9. The number of aromatic nitrogens is 4. The molecule has 28 heavy (non-hydrogen) atoms. The normalized spacial score (nSPS) is 12.4. The first-order valence-electron chi connectivity index (χ1n) is 9.55. The third kappa shape index (κ3) is 4.98. The van der Waals surface area contributed by atoms with Crippen molar-refractivity contribution in [3.63, 3.8) is 0 Å². The molecule has 0 aliphatic carbocycles. The van der Waals surface area contributed by atoms with Crippen LogP contribution >= 0.6 is 0 Å². The van der Waals surface area contributed by atoms with Gasteiger partial charge in [-0.05, 0) is 71.7 Å². The van der Waals surface area contributed by atoms with E-state index in [1.807, 2.05) is 18.4 Å². The molecule has 2 aromatic heterocycles. The van der Waals surface area contributed by atoms with Crippen LogP contribution in [0, 0.1) is 13.8 Å². The van der Waals surface area contributed by atoms with Crippen LogP contribution in [-0.2, 0) is 6.54 Å². The molecule has 3 rings (SSSR count). The summed E-state index contributed by atoms with van der Waals surface area (Å²) in [5, 5.41) is 6.76. The van der Waals surface area contributed by atoms with Crippen LogP contribution in [-0.4, -0.2) is 30.6 Å². The second-order valence-corrected chi connectivity index (χ2v) is 9.29. The fourth-order valence-electron chi connectivity index (χ4n) is 3.14. The lowest BCUT2D eigenvalue weighted by Crippen LogP contribution is -2.37. The number of nitrogens with two attached hydrogens (primary N) is 1. The first-order valence-corrected chi connectivity index (χ1v) is 9.55. The van der Waals surface area contributed by atoms with Crippen LogP contribution in [0.25, 0.3) is 11.2 Å². The van der Waals surface area contributed by atoms with Crippen LogP contribution in [0.3, 0.4) is 0 Å². The summed E-state index contributed by atoms with van der Waals surface area (Å²) in [5.74, 6) is 1.29. The molecule has 0 spiro atoms. The Kier molecular flexibility index (Phi) is 5.06. The summed E-state index contributed by atoms with van der Waals surface area (Å²) in [6.45, 7) is 15.0. The number of rotatable bonds is 5. The van der Waals surface area contributed by atoms with E-state index in [9.17, 15) is 0 Å². The van der Waals surface area contributed by atoms with E-state index in [4.69, 9.17) is 15.7 Å². The molecule has 1 aromatic carbocycles. The van der Waals surface area contributed by atoms with Crippen LogP contribution in [0.5, 0.6) is 0 Å². The second-order valence-electron chi connectivity index (χ2n) is 9.29. The Morgan fingerprint density at radius 2 is 1.64 bits per heavy atom. The van der Waals surface area contributed by atoms with Crippen molar-refractivity contribution in [3.8, 4) is 0 Å². The van der Waals surface area contributed by atoms with Gasteiger partial charge in [0.25, 0.3) is 0 Å². The van der Waals surface area contributed by atoms with Gasteiger partial charge in [0.05, 0.1) is 6.20 Å².